The molecule has 2 aromatic heterocycles. The predicted molar refractivity (Wildman–Crippen MR) is 101 cm³/mol. The molecule has 1 unspecified atom stereocenters. The maximum absolute atomic E-state index is 12.8. The van der Waals surface area contributed by atoms with Crippen molar-refractivity contribution < 1.29 is 14.4 Å². The Morgan fingerprint density at radius 1 is 1.26 bits per heavy atom. The van der Waals surface area contributed by atoms with Gasteiger partial charge >= 0.3 is 6.03 Å². The van der Waals surface area contributed by atoms with Crippen LogP contribution in [0.4, 0.5) is 4.79 Å². The molecule has 27 heavy (non-hydrogen) atoms. The molecule has 0 spiro atoms. The standard InChI is InChI=1S/C20H24N4O3/c1-12(2)9-16-19(26)23(20(27)22-16)11-17(25)15-10-13(3)24(14(15)4)18-7-5-6-8-21-18/h5-8,10,12,16H,9,11H2,1-4H3,(H,22,27). The van der Waals surface area contributed by atoms with Crippen LogP contribution >= 0.6 is 0 Å². The Labute approximate surface area is 158 Å². The van der Waals surface area contributed by atoms with Crippen molar-refractivity contribution in [3.8, 4) is 5.82 Å². The maximum atomic E-state index is 12.8. The van der Waals surface area contributed by atoms with Crippen LogP contribution in [0.15, 0.2) is 30.5 Å². The number of hydrogen-bond acceptors (Lipinski definition) is 4. The fraction of sp³-hybridized carbons (Fsp3) is 0.400. The summed E-state index contributed by atoms with van der Waals surface area (Å²) >= 11 is 0. The number of amides is 3. The minimum Gasteiger partial charge on any atom is -0.326 e. The number of ketones is 1. The first-order chi connectivity index (χ1) is 12.8. The molecule has 1 N–H and O–H groups in total. The van der Waals surface area contributed by atoms with Crippen molar-refractivity contribution in [3.05, 3.63) is 47.4 Å². The van der Waals surface area contributed by atoms with Gasteiger partial charge in [-0.05, 0) is 44.4 Å². The summed E-state index contributed by atoms with van der Waals surface area (Å²) in [5, 5.41) is 2.67. The van der Waals surface area contributed by atoms with E-state index in [9.17, 15) is 14.4 Å². The van der Waals surface area contributed by atoms with E-state index < -0.39 is 12.1 Å². The average molecular weight is 368 g/mol. The number of nitrogens with one attached hydrogen (secondary N) is 1. The summed E-state index contributed by atoms with van der Waals surface area (Å²) in [5.74, 6) is 0.394. The van der Waals surface area contributed by atoms with Crippen LogP contribution in [0.25, 0.3) is 5.82 Å². The van der Waals surface area contributed by atoms with E-state index in [1.54, 1.807) is 12.3 Å². The molecule has 0 aromatic carbocycles. The Bertz CT molecular complexity index is 886. The van der Waals surface area contributed by atoms with Crippen molar-refractivity contribution in [2.45, 2.75) is 40.2 Å². The molecule has 1 aliphatic heterocycles. The lowest BCUT2D eigenvalue weighted by Gasteiger charge is -2.13. The van der Waals surface area contributed by atoms with Gasteiger partial charge in [0.05, 0.1) is 6.54 Å². The summed E-state index contributed by atoms with van der Waals surface area (Å²) < 4.78 is 1.89. The van der Waals surface area contributed by atoms with Gasteiger partial charge in [-0.3, -0.25) is 14.5 Å². The van der Waals surface area contributed by atoms with E-state index in [-0.39, 0.29) is 24.2 Å². The molecule has 1 saturated heterocycles. The van der Waals surface area contributed by atoms with Crippen molar-refractivity contribution in [3.63, 3.8) is 0 Å². The largest absolute Gasteiger partial charge is 0.326 e. The molecule has 1 atom stereocenters. The van der Waals surface area contributed by atoms with Crippen LogP contribution in [-0.4, -0.2) is 44.8 Å². The highest BCUT2D eigenvalue weighted by atomic mass is 16.2. The third-order valence-electron chi connectivity index (χ3n) is 4.73. The van der Waals surface area contributed by atoms with Gasteiger partial charge in [-0.2, -0.15) is 0 Å². The molecular formula is C20H24N4O3. The third kappa shape index (κ3) is 3.63. The molecule has 0 saturated carbocycles. The number of urea groups is 1. The van der Waals surface area contributed by atoms with Crippen LogP contribution in [0.5, 0.6) is 0 Å². The van der Waals surface area contributed by atoms with Gasteiger partial charge in [0.25, 0.3) is 5.91 Å². The molecule has 7 heteroatoms. The number of imide groups is 1. The van der Waals surface area contributed by atoms with Crippen molar-refractivity contribution >= 4 is 17.7 Å². The molecule has 0 aliphatic carbocycles. The fourth-order valence-corrected chi connectivity index (χ4v) is 3.47. The molecule has 0 bridgehead atoms. The second-order valence-electron chi connectivity index (χ2n) is 7.29. The van der Waals surface area contributed by atoms with Crippen LogP contribution < -0.4 is 5.32 Å². The first-order valence-corrected chi connectivity index (χ1v) is 9.05. The maximum Gasteiger partial charge on any atom is 0.325 e. The summed E-state index contributed by atoms with van der Waals surface area (Å²) in [6.07, 6.45) is 2.25. The Morgan fingerprint density at radius 2 is 2.00 bits per heavy atom. The topological polar surface area (TPSA) is 84.3 Å². The second-order valence-corrected chi connectivity index (χ2v) is 7.29. The number of carbonyl (C=O) groups excluding carboxylic acids is 3. The van der Waals surface area contributed by atoms with Crippen molar-refractivity contribution in [1.82, 2.24) is 19.8 Å². The number of nitrogens with zero attached hydrogens (tertiary/aromatic N) is 3. The summed E-state index contributed by atoms with van der Waals surface area (Å²) in [4.78, 5) is 42.8. The average Bonchev–Trinajstić information content (AvgIpc) is 3.05. The second kappa shape index (κ2) is 7.34. The van der Waals surface area contributed by atoms with Gasteiger partial charge in [-0.1, -0.05) is 19.9 Å². The van der Waals surface area contributed by atoms with Crippen molar-refractivity contribution in [1.29, 1.82) is 0 Å². The summed E-state index contributed by atoms with van der Waals surface area (Å²) in [6, 6.07) is 6.29. The molecule has 142 valence electrons. The summed E-state index contributed by atoms with van der Waals surface area (Å²) in [5.41, 5.74) is 2.09. The monoisotopic (exact) mass is 368 g/mol. The molecule has 2 aromatic rings. The Hall–Kier alpha value is -2.96. The Balaban J connectivity index is 1.81. The highest BCUT2D eigenvalue weighted by Gasteiger charge is 2.39. The van der Waals surface area contributed by atoms with Crippen LogP contribution in [0, 0.1) is 19.8 Å². The molecular weight excluding hydrogens is 344 g/mol. The van der Waals surface area contributed by atoms with E-state index in [2.05, 4.69) is 10.3 Å². The van der Waals surface area contributed by atoms with Crippen LogP contribution in [0.3, 0.4) is 0 Å². The van der Waals surface area contributed by atoms with Crippen molar-refractivity contribution in [2.75, 3.05) is 6.54 Å². The fourth-order valence-electron chi connectivity index (χ4n) is 3.47. The third-order valence-corrected chi connectivity index (χ3v) is 4.73. The molecule has 3 rings (SSSR count). The number of carbonyl (C=O) groups is 3. The van der Waals surface area contributed by atoms with Crippen LogP contribution in [0.2, 0.25) is 0 Å². The van der Waals surface area contributed by atoms with Gasteiger partial charge in [-0.15, -0.1) is 0 Å². The highest BCUT2D eigenvalue weighted by Crippen LogP contribution is 2.21. The lowest BCUT2D eigenvalue weighted by atomic mass is 10.0. The van der Waals surface area contributed by atoms with Gasteiger partial charge in [0.15, 0.2) is 5.78 Å². The minimum atomic E-state index is -0.550. The lowest BCUT2D eigenvalue weighted by molar-refractivity contribution is -0.127. The minimum absolute atomic E-state index is 0.258. The van der Waals surface area contributed by atoms with Gasteiger partial charge in [0, 0.05) is 23.1 Å². The number of aromatic nitrogens is 2. The number of pyridine rings is 1. The number of aryl methyl sites for hydroxylation is 1. The van der Waals surface area contributed by atoms with E-state index in [4.69, 9.17) is 0 Å². The molecule has 1 aliphatic rings. The zero-order chi connectivity index (χ0) is 19.7. The van der Waals surface area contributed by atoms with E-state index in [0.717, 1.165) is 22.1 Å². The molecule has 0 radical (unpaired) electrons. The zero-order valence-corrected chi connectivity index (χ0v) is 16.0. The van der Waals surface area contributed by atoms with Crippen molar-refractivity contribution in [2.24, 2.45) is 5.92 Å². The van der Waals surface area contributed by atoms with Gasteiger partial charge in [0.2, 0.25) is 0 Å². The SMILES string of the molecule is Cc1cc(C(=O)CN2C(=O)NC(CC(C)C)C2=O)c(C)n1-c1ccccn1. The summed E-state index contributed by atoms with van der Waals surface area (Å²) in [6.45, 7) is 7.44. The van der Waals surface area contributed by atoms with E-state index in [1.165, 1.54) is 0 Å². The van der Waals surface area contributed by atoms with E-state index in [1.807, 2.05) is 50.5 Å². The predicted octanol–water partition coefficient (Wildman–Crippen LogP) is 2.64. The Morgan fingerprint density at radius 3 is 2.63 bits per heavy atom. The number of Topliss-reactive ketones (excluding diaryl/α,β-unsaturated/α-hetero) is 1. The smallest absolute Gasteiger partial charge is 0.325 e. The van der Waals surface area contributed by atoms with E-state index >= 15 is 0 Å². The summed E-state index contributed by atoms with van der Waals surface area (Å²) in [7, 11) is 0. The van der Waals surface area contributed by atoms with Gasteiger partial charge < -0.3 is 9.88 Å². The first-order valence-electron chi connectivity index (χ1n) is 9.05. The van der Waals surface area contributed by atoms with Gasteiger partial charge in [0.1, 0.15) is 11.9 Å². The Kier molecular flexibility index (Phi) is 5.12. The molecule has 1 fully saturated rings. The number of hydrogen-bond donors (Lipinski definition) is 1. The number of rotatable bonds is 6. The van der Waals surface area contributed by atoms with Crippen LogP contribution in [0.1, 0.15) is 42.0 Å². The quantitative estimate of drug-likeness (QED) is 0.627. The molecule has 3 heterocycles. The normalized spacial score (nSPS) is 16.9. The van der Waals surface area contributed by atoms with Crippen LogP contribution in [-0.2, 0) is 4.79 Å². The first kappa shape index (κ1) is 18.8. The lowest BCUT2D eigenvalue weighted by Crippen LogP contribution is -2.36. The van der Waals surface area contributed by atoms with Gasteiger partial charge in [-0.25, -0.2) is 9.78 Å². The van der Waals surface area contributed by atoms with E-state index in [0.29, 0.717) is 12.0 Å². The molecule has 3 amide bonds. The molecule has 7 nitrogen and oxygen atoms in total. The highest BCUT2D eigenvalue weighted by molar-refractivity contribution is 6.09. The zero-order valence-electron chi connectivity index (χ0n) is 16.0.